The van der Waals surface area contributed by atoms with Crippen LogP contribution < -0.4 is 10.2 Å². The number of nitrogens with one attached hydrogen (secondary N) is 1. The standard InChI is InChI=1S/C15H20F3N7S2.HI/c1-3-11-22-14(27-23-11)25-6-4-24(5-7-25)13(19-2)20-8-12-21-10(9-26-12)15(16,17)18;/h9H,3-8H2,1-2H3,(H,19,20);1H. The Balaban J connectivity index is 0.00000280. The summed E-state index contributed by atoms with van der Waals surface area (Å²) >= 11 is 2.40. The van der Waals surface area contributed by atoms with E-state index in [4.69, 9.17) is 0 Å². The van der Waals surface area contributed by atoms with E-state index < -0.39 is 11.9 Å². The Bertz CT molecular complexity index is 785. The molecule has 1 saturated heterocycles. The minimum atomic E-state index is -4.41. The molecule has 0 spiro atoms. The van der Waals surface area contributed by atoms with Crippen molar-refractivity contribution >= 4 is 57.9 Å². The number of piperazine rings is 1. The lowest BCUT2D eigenvalue weighted by atomic mass is 10.3. The molecule has 28 heavy (non-hydrogen) atoms. The molecule has 0 atom stereocenters. The average molecular weight is 547 g/mol. The van der Waals surface area contributed by atoms with Crippen LogP contribution in [0.1, 0.15) is 23.4 Å². The molecule has 0 saturated carbocycles. The summed E-state index contributed by atoms with van der Waals surface area (Å²) < 4.78 is 42.2. The highest BCUT2D eigenvalue weighted by Crippen LogP contribution is 2.30. The quantitative estimate of drug-likeness (QED) is 0.361. The first kappa shape index (κ1) is 23.1. The zero-order valence-electron chi connectivity index (χ0n) is 15.4. The van der Waals surface area contributed by atoms with Gasteiger partial charge in [-0.25, -0.2) is 9.97 Å². The molecular formula is C15H21F3IN7S2. The summed E-state index contributed by atoms with van der Waals surface area (Å²) in [6.45, 7) is 5.30. The van der Waals surface area contributed by atoms with E-state index in [1.54, 1.807) is 7.05 Å². The molecular weight excluding hydrogens is 526 g/mol. The van der Waals surface area contributed by atoms with Crippen molar-refractivity contribution in [2.24, 2.45) is 4.99 Å². The molecule has 3 heterocycles. The van der Waals surface area contributed by atoms with E-state index >= 15 is 0 Å². The summed E-state index contributed by atoms with van der Waals surface area (Å²) in [6.07, 6.45) is -3.59. The van der Waals surface area contributed by atoms with Crippen molar-refractivity contribution in [3.05, 3.63) is 21.9 Å². The van der Waals surface area contributed by atoms with Crippen LogP contribution >= 0.6 is 46.8 Å². The first-order valence-electron chi connectivity index (χ1n) is 8.45. The number of hydrogen-bond donors (Lipinski definition) is 1. The first-order chi connectivity index (χ1) is 12.9. The van der Waals surface area contributed by atoms with Gasteiger partial charge in [0.1, 0.15) is 10.8 Å². The van der Waals surface area contributed by atoms with Crippen LogP contribution in [-0.2, 0) is 19.1 Å². The van der Waals surface area contributed by atoms with Crippen molar-refractivity contribution in [2.45, 2.75) is 26.1 Å². The summed E-state index contributed by atoms with van der Waals surface area (Å²) in [7, 11) is 1.66. The van der Waals surface area contributed by atoms with E-state index in [1.165, 1.54) is 11.5 Å². The molecule has 1 aliphatic heterocycles. The fraction of sp³-hybridized carbons (Fsp3) is 0.600. The van der Waals surface area contributed by atoms with Crippen LogP contribution in [0.2, 0.25) is 0 Å². The third-order valence-electron chi connectivity index (χ3n) is 4.08. The SMILES string of the molecule is CCc1nsc(N2CCN(C(=NC)NCc3nc(C(F)(F)F)cs3)CC2)n1.I. The number of aliphatic imine (C=N–C) groups is 1. The van der Waals surface area contributed by atoms with Crippen molar-refractivity contribution in [3.63, 3.8) is 0 Å². The summed E-state index contributed by atoms with van der Waals surface area (Å²) in [4.78, 5) is 16.7. The van der Waals surface area contributed by atoms with Crippen LogP contribution in [0, 0.1) is 0 Å². The number of nitrogens with zero attached hydrogens (tertiary/aromatic N) is 6. The number of guanidine groups is 1. The third kappa shape index (κ3) is 5.65. The molecule has 1 fully saturated rings. The largest absolute Gasteiger partial charge is 0.434 e. The summed E-state index contributed by atoms with van der Waals surface area (Å²) in [5.41, 5.74) is -0.851. The predicted octanol–water partition coefficient (Wildman–Crippen LogP) is 3.09. The normalized spacial score (nSPS) is 15.5. The smallest absolute Gasteiger partial charge is 0.350 e. The number of aromatic nitrogens is 3. The number of hydrogen-bond acceptors (Lipinski definition) is 7. The summed E-state index contributed by atoms with van der Waals surface area (Å²) in [6, 6.07) is 0. The molecule has 1 N–H and O–H groups in total. The number of alkyl halides is 3. The van der Waals surface area contributed by atoms with E-state index in [0.29, 0.717) is 11.0 Å². The molecule has 0 unspecified atom stereocenters. The van der Waals surface area contributed by atoms with Gasteiger partial charge < -0.3 is 15.1 Å². The topological polar surface area (TPSA) is 69.5 Å². The van der Waals surface area contributed by atoms with Crippen molar-refractivity contribution in [1.82, 2.24) is 24.6 Å². The van der Waals surface area contributed by atoms with Crippen molar-refractivity contribution in [1.29, 1.82) is 0 Å². The van der Waals surface area contributed by atoms with Gasteiger partial charge in [-0.1, -0.05) is 6.92 Å². The van der Waals surface area contributed by atoms with E-state index in [1.807, 2.05) is 6.92 Å². The van der Waals surface area contributed by atoms with Gasteiger partial charge in [0, 0.05) is 56.6 Å². The minimum Gasteiger partial charge on any atom is -0.350 e. The fourth-order valence-electron chi connectivity index (χ4n) is 2.64. The van der Waals surface area contributed by atoms with Gasteiger partial charge in [-0.2, -0.15) is 17.5 Å². The Kier molecular flexibility index (Phi) is 8.24. The maximum absolute atomic E-state index is 12.6. The maximum Gasteiger partial charge on any atom is 0.434 e. The van der Waals surface area contributed by atoms with Crippen molar-refractivity contribution in [2.75, 3.05) is 38.1 Å². The van der Waals surface area contributed by atoms with Crippen molar-refractivity contribution in [3.8, 4) is 0 Å². The second kappa shape index (κ2) is 10.0. The van der Waals surface area contributed by atoms with E-state index in [0.717, 1.165) is 60.3 Å². The maximum atomic E-state index is 12.6. The van der Waals surface area contributed by atoms with E-state index in [9.17, 15) is 13.2 Å². The van der Waals surface area contributed by atoms with Crippen LogP contribution in [0.25, 0.3) is 0 Å². The minimum absolute atomic E-state index is 0. The fourth-order valence-corrected chi connectivity index (χ4v) is 4.18. The van der Waals surface area contributed by atoms with Gasteiger partial charge in [-0.15, -0.1) is 35.3 Å². The molecule has 0 aromatic carbocycles. The summed E-state index contributed by atoms with van der Waals surface area (Å²) in [5.74, 6) is 1.52. The Hall–Kier alpha value is -1.22. The van der Waals surface area contributed by atoms with Gasteiger partial charge in [-0.05, 0) is 0 Å². The number of rotatable bonds is 4. The molecule has 13 heteroatoms. The van der Waals surface area contributed by atoms with Crippen LogP contribution in [0.5, 0.6) is 0 Å². The molecule has 0 aliphatic carbocycles. The Morgan fingerprint density at radius 2 is 1.96 bits per heavy atom. The van der Waals surface area contributed by atoms with Gasteiger partial charge >= 0.3 is 6.18 Å². The average Bonchev–Trinajstić information content (AvgIpc) is 3.32. The first-order valence-corrected chi connectivity index (χ1v) is 10.1. The number of anilines is 1. The lowest BCUT2D eigenvalue weighted by Crippen LogP contribution is -2.52. The van der Waals surface area contributed by atoms with Crippen molar-refractivity contribution < 1.29 is 13.2 Å². The highest BCUT2D eigenvalue weighted by molar-refractivity contribution is 14.0. The van der Waals surface area contributed by atoms with Crippen LogP contribution in [0.15, 0.2) is 10.4 Å². The molecule has 3 rings (SSSR count). The summed E-state index contributed by atoms with van der Waals surface area (Å²) in [5, 5.41) is 5.44. The lowest BCUT2D eigenvalue weighted by Gasteiger charge is -2.36. The molecule has 7 nitrogen and oxygen atoms in total. The van der Waals surface area contributed by atoms with E-state index in [2.05, 4.69) is 34.5 Å². The van der Waals surface area contributed by atoms with Gasteiger partial charge in [-0.3, -0.25) is 4.99 Å². The van der Waals surface area contributed by atoms with Crippen LogP contribution in [0.3, 0.4) is 0 Å². The molecule has 0 amide bonds. The van der Waals surface area contributed by atoms with Crippen LogP contribution in [-0.4, -0.2) is 58.4 Å². The second-order valence-electron chi connectivity index (χ2n) is 5.85. The van der Waals surface area contributed by atoms with Gasteiger partial charge in [0.25, 0.3) is 0 Å². The Morgan fingerprint density at radius 1 is 1.25 bits per heavy atom. The third-order valence-corrected chi connectivity index (χ3v) is 5.74. The zero-order valence-corrected chi connectivity index (χ0v) is 19.3. The molecule has 2 aromatic rings. The van der Waals surface area contributed by atoms with Gasteiger partial charge in [0.15, 0.2) is 11.7 Å². The predicted molar refractivity (Wildman–Crippen MR) is 116 cm³/mol. The second-order valence-corrected chi connectivity index (χ2v) is 7.52. The zero-order chi connectivity index (χ0) is 19.4. The monoisotopic (exact) mass is 547 g/mol. The Morgan fingerprint density at radius 3 is 2.50 bits per heavy atom. The van der Waals surface area contributed by atoms with Gasteiger partial charge in [0.05, 0.1) is 6.54 Å². The molecule has 1 aliphatic rings. The van der Waals surface area contributed by atoms with Crippen LogP contribution in [0.4, 0.5) is 18.3 Å². The number of aryl methyl sites for hydroxylation is 1. The Labute approximate surface area is 186 Å². The highest BCUT2D eigenvalue weighted by Gasteiger charge is 2.33. The van der Waals surface area contributed by atoms with E-state index in [-0.39, 0.29) is 30.5 Å². The number of halogens is 4. The van der Waals surface area contributed by atoms with Gasteiger partial charge in [0.2, 0.25) is 5.13 Å². The number of thiazole rings is 1. The lowest BCUT2D eigenvalue weighted by molar-refractivity contribution is -0.140. The molecule has 0 radical (unpaired) electrons. The molecule has 2 aromatic heterocycles. The molecule has 156 valence electrons. The molecule has 0 bridgehead atoms. The highest BCUT2D eigenvalue weighted by atomic mass is 127.